The highest BCUT2D eigenvalue weighted by atomic mass is 35.5. The second kappa shape index (κ2) is 9.97. The van der Waals surface area contributed by atoms with Gasteiger partial charge in [-0.1, -0.05) is 54.2 Å². The molecule has 0 radical (unpaired) electrons. The minimum atomic E-state index is 0. The number of halogens is 2. The predicted octanol–water partition coefficient (Wildman–Crippen LogP) is 4.45. The number of rotatable bonds is 5. The Bertz CT molecular complexity index is 851. The van der Waals surface area contributed by atoms with Gasteiger partial charge < -0.3 is 0 Å². The van der Waals surface area contributed by atoms with Gasteiger partial charge in [-0.15, -0.1) is 35.0 Å². The first-order valence-electron chi connectivity index (χ1n) is 8.29. The van der Waals surface area contributed by atoms with Crippen LogP contribution in [0.5, 0.6) is 0 Å². The zero-order chi connectivity index (χ0) is 16.2. The first kappa shape index (κ1) is 20.8. The highest BCUT2D eigenvalue weighted by Crippen LogP contribution is 2.23. The third-order valence-electron chi connectivity index (χ3n) is 4.36. The normalized spacial score (nSPS) is 14.4. The zero-order valence-corrected chi connectivity index (χ0v) is 16.8. The summed E-state index contributed by atoms with van der Waals surface area (Å²) in [7, 11) is 0. The Kier molecular flexibility index (Phi) is 7.97. The molecule has 4 nitrogen and oxygen atoms in total. The summed E-state index contributed by atoms with van der Waals surface area (Å²) in [6.07, 6.45) is 5.52. The molecule has 1 aromatic carbocycles. The Hall–Kier alpha value is -1.53. The molecule has 3 heterocycles. The van der Waals surface area contributed by atoms with Crippen LogP contribution in [0.1, 0.15) is 12.0 Å². The first-order chi connectivity index (χ1) is 11.9. The topological polar surface area (TPSA) is 33.4 Å². The molecule has 0 fully saturated rings. The van der Waals surface area contributed by atoms with Crippen molar-refractivity contribution in [1.82, 2.24) is 19.5 Å². The number of hydrogen-bond donors (Lipinski definition) is 0. The van der Waals surface area contributed by atoms with Gasteiger partial charge in [0.2, 0.25) is 0 Å². The molecule has 0 unspecified atom stereocenters. The van der Waals surface area contributed by atoms with Gasteiger partial charge in [-0.05, 0) is 29.7 Å². The predicted molar refractivity (Wildman–Crippen MR) is 114 cm³/mol. The summed E-state index contributed by atoms with van der Waals surface area (Å²) in [5.41, 5.74) is 3.75. The Labute approximate surface area is 170 Å². The highest BCUT2D eigenvalue weighted by molar-refractivity contribution is 7.99. The van der Waals surface area contributed by atoms with Crippen molar-refractivity contribution in [2.75, 3.05) is 25.4 Å². The van der Waals surface area contributed by atoms with Crippen LogP contribution >= 0.6 is 36.6 Å². The summed E-state index contributed by atoms with van der Waals surface area (Å²) in [6, 6.07) is 16.7. The molecule has 138 valence electrons. The second-order valence-corrected chi connectivity index (χ2v) is 6.97. The number of thioether (sulfide) groups is 1. The van der Waals surface area contributed by atoms with Crippen LogP contribution in [0.2, 0.25) is 0 Å². The summed E-state index contributed by atoms with van der Waals surface area (Å²) in [5.74, 6) is 1.03. The second-order valence-electron chi connectivity index (χ2n) is 5.91. The zero-order valence-electron chi connectivity index (χ0n) is 14.3. The maximum atomic E-state index is 4.28. The van der Waals surface area contributed by atoms with E-state index in [-0.39, 0.29) is 24.8 Å². The van der Waals surface area contributed by atoms with Crippen LogP contribution in [0.4, 0.5) is 0 Å². The lowest BCUT2D eigenvalue weighted by molar-refractivity contribution is 0.321. The molecule has 3 aromatic rings. The van der Waals surface area contributed by atoms with E-state index >= 15 is 0 Å². The van der Waals surface area contributed by atoms with Gasteiger partial charge in [0.15, 0.2) is 10.8 Å². The molecule has 0 bridgehead atoms. The molecule has 0 aliphatic carbocycles. The van der Waals surface area contributed by atoms with Gasteiger partial charge in [-0.3, -0.25) is 9.30 Å². The molecule has 0 N–H and O–H groups in total. The van der Waals surface area contributed by atoms with Crippen LogP contribution in [0.25, 0.3) is 11.2 Å². The largest absolute Gasteiger partial charge is 0.299 e. The van der Waals surface area contributed by atoms with E-state index in [1.165, 1.54) is 11.1 Å². The van der Waals surface area contributed by atoms with Crippen molar-refractivity contribution >= 4 is 47.8 Å². The van der Waals surface area contributed by atoms with Gasteiger partial charge in [-0.25, -0.2) is 0 Å². The van der Waals surface area contributed by atoms with Crippen LogP contribution in [-0.2, 0) is 0 Å². The average Bonchev–Trinajstić information content (AvgIpc) is 3.06. The fourth-order valence-electron chi connectivity index (χ4n) is 3.01. The standard InChI is InChI=1S/C19H20N4S.2ClH/c1-2-6-16(7-3-1)17-9-12-22(13-10-17)14-15-24-19-21-20-18-8-4-5-11-23(18)19;;/h1-9,11H,10,12-15H2;2*1H. The maximum absolute atomic E-state index is 4.28. The Morgan fingerprint density at radius 1 is 0.962 bits per heavy atom. The number of benzene rings is 1. The Morgan fingerprint density at radius 3 is 2.54 bits per heavy atom. The lowest BCUT2D eigenvalue weighted by atomic mass is 10.00. The molecule has 2 aromatic heterocycles. The van der Waals surface area contributed by atoms with E-state index in [0.717, 1.165) is 42.6 Å². The molecule has 26 heavy (non-hydrogen) atoms. The number of nitrogens with zero attached hydrogens (tertiary/aromatic N) is 4. The van der Waals surface area contributed by atoms with Gasteiger partial charge in [0.1, 0.15) is 0 Å². The summed E-state index contributed by atoms with van der Waals surface area (Å²) in [4.78, 5) is 2.50. The fourth-order valence-corrected chi connectivity index (χ4v) is 3.94. The molecule has 1 aliphatic rings. The first-order valence-corrected chi connectivity index (χ1v) is 9.28. The van der Waals surface area contributed by atoms with Crippen LogP contribution in [0.15, 0.2) is 66.0 Å². The highest BCUT2D eigenvalue weighted by Gasteiger charge is 2.13. The summed E-state index contributed by atoms with van der Waals surface area (Å²) in [6.45, 7) is 3.23. The molecule has 0 saturated heterocycles. The Balaban J connectivity index is 0.00000121. The number of pyridine rings is 1. The van der Waals surface area contributed by atoms with E-state index < -0.39 is 0 Å². The van der Waals surface area contributed by atoms with E-state index in [9.17, 15) is 0 Å². The van der Waals surface area contributed by atoms with Gasteiger partial charge in [0.25, 0.3) is 0 Å². The summed E-state index contributed by atoms with van der Waals surface area (Å²) < 4.78 is 2.05. The van der Waals surface area contributed by atoms with Crippen molar-refractivity contribution in [3.05, 3.63) is 66.4 Å². The lowest BCUT2D eigenvalue weighted by Gasteiger charge is -2.26. The molecule has 0 saturated carbocycles. The van der Waals surface area contributed by atoms with Gasteiger partial charge in [-0.2, -0.15) is 0 Å². The quantitative estimate of drug-likeness (QED) is 0.583. The lowest BCUT2D eigenvalue weighted by Crippen LogP contribution is -2.30. The van der Waals surface area contributed by atoms with E-state index in [4.69, 9.17) is 0 Å². The molecule has 0 amide bonds. The number of aromatic nitrogens is 3. The minimum Gasteiger partial charge on any atom is -0.299 e. The van der Waals surface area contributed by atoms with Crippen LogP contribution in [-0.4, -0.2) is 44.9 Å². The molecule has 0 spiro atoms. The molecular formula is C19H22Cl2N4S. The molecule has 0 atom stereocenters. The van der Waals surface area contributed by atoms with Crippen molar-refractivity contribution in [1.29, 1.82) is 0 Å². The smallest absolute Gasteiger partial charge is 0.195 e. The molecule has 4 rings (SSSR count). The third-order valence-corrected chi connectivity index (χ3v) is 5.28. The van der Waals surface area contributed by atoms with E-state index in [1.54, 1.807) is 11.8 Å². The number of hydrogen-bond acceptors (Lipinski definition) is 4. The van der Waals surface area contributed by atoms with Gasteiger partial charge in [0, 0.05) is 31.6 Å². The van der Waals surface area contributed by atoms with Crippen LogP contribution in [0.3, 0.4) is 0 Å². The SMILES string of the molecule is C1=C(c2ccccc2)CCN(CCSc2nnc3ccccn23)C1.Cl.Cl. The van der Waals surface area contributed by atoms with E-state index in [2.05, 4.69) is 51.5 Å². The molecule has 7 heteroatoms. The van der Waals surface area contributed by atoms with Crippen molar-refractivity contribution in [2.24, 2.45) is 0 Å². The fraction of sp³-hybridized carbons (Fsp3) is 0.263. The summed E-state index contributed by atoms with van der Waals surface area (Å²) >= 11 is 1.77. The minimum absolute atomic E-state index is 0. The molecule has 1 aliphatic heterocycles. The summed E-state index contributed by atoms with van der Waals surface area (Å²) in [5, 5.41) is 9.45. The van der Waals surface area contributed by atoms with Crippen LogP contribution < -0.4 is 0 Å². The third kappa shape index (κ3) is 4.80. The maximum Gasteiger partial charge on any atom is 0.195 e. The van der Waals surface area contributed by atoms with Crippen molar-refractivity contribution in [2.45, 2.75) is 11.6 Å². The van der Waals surface area contributed by atoms with Gasteiger partial charge >= 0.3 is 0 Å². The number of fused-ring (bicyclic) bond motifs is 1. The van der Waals surface area contributed by atoms with E-state index in [1.807, 2.05) is 28.8 Å². The monoisotopic (exact) mass is 408 g/mol. The van der Waals surface area contributed by atoms with Crippen molar-refractivity contribution in [3.8, 4) is 0 Å². The average molecular weight is 409 g/mol. The van der Waals surface area contributed by atoms with Gasteiger partial charge in [0.05, 0.1) is 0 Å². The van der Waals surface area contributed by atoms with Crippen molar-refractivity contribution in [3.63, 3.8) is 0 Å². The van der Waals surface area contributed by atoms with E-state index in [0.29, 0.717) is 0 Å². The molecular weight excluding hydrogens is 387 g/mol. The Morgan fingerprint density at radius 2 is 1.77 bits per heavy atom. The van der Waals surface area contributed by atoms with Crippen LogP contribution in [0, 0.1) is 0 Å². The van der Waals surface area contributed by atoms with Crippen molar-refractivity contribution < 1.29 is 0 Å².